The fourth-order valence-electron chi connectivity index (χ4n) is 2.77. The second-order valence-corrected chi connectivity index (χ2v) is 5.67. The van der Waals surface area contributed by atoms with Crippen LogP contribution in [0.4, 0.5) is 22.7 Å². The van der Waals surface area contributed by atoms with Crippen molar-refractivity contribution in [3.05, 3.63) is 35.9 Å². The summed E-state index contributed by atoms with van der Waals surface area (Å²) in [5.74, 6) is 0. The summed E-state index contributed by atoms with van der Waals surface area (Å²) in [4.78, 5) is 0. The van der Waals surface area contributed by atoms with E-state index in [9.17, 15) is 5.11 Å². The van der Waals surface area contributed by atoms with Gasteiger partial charge in [0.15, 0.2) is 0 Å². The fraction of sp³-hybridized carbons (Fsp3) is 0.333. The maximum absolute atomic E-state index is 9.37. The SMILES string of the molecule is Nc1cc(N)c(CCO)c(-c2ccc(NCCO)cc2NCCO)c1. The molecule has 2 aromatic carbocycles. The Morgan fingerprint density at radius 2 is 1.52 bits per heavy atom. The third-order valence-corrected chi connectivity index (χ3v) is 3.85. The molecule has 2 aromatic rings. The van der Waals surface area contributed by atoms with Crippen molar-refractivity contribution in [3.63, 3.8) is 0 Å². The van der Waals surface area contributed by atoms with Crippen LogP contribution in [0.3, 0.4) is 0 Å². The molecule has 0 bridgehead atoms. The van der Waals surface area contributed by atoms with Crippen molar-refractivity contribution < 1.29 is 15.3 Å². The van der Waals surface area contributed by atoms with Crippen LogP contribution in [0.1, 0.15) is 5.56 Å². The summed E-state index contributed by atoms with van der Waals surface area (Å²) in [6.45, 7) is 0.851. The first-order valence-electron chi connectivity index (χ1n) is 8.23. The second-order valence-electron chi connectivity index (χ2n) is 5.67. The van der Waals surface area contributed by atoms with Gasteiger partial charge < -0.3 is 37.4 Å². The molecule has 136 valence electrons. The molecule has 0 saturated carbocycles. The van der Waals surface area contributed by atoms with Gasteiger partial charge in [0, 0.05) is 48.0 Å². The lowest BCUT2D eigenvalue weighted by molar-refractivity contribution is 0.300. The van der Waals surface area contributed by atoms with Gasteiger partial charge in [0.2, 0.25) is 0 Å². The summed E-state index contributed by atoms with van der Waals surface area (Å²) < 4.78 is 0. The summed E-state index contributed by atoms with van der Waals surface area (Å²) in [6.07, 6.45) is 0.422. The van der Waals surface area contributed by atoms with E-state index in [-0.39, 0.29) is 19.8 Å². The third-order valence-electron chi connectivity index (χ3n) is 3.85. The van der Waals surface area contributed by atoms with E-state index in [0.717, 1.165) is 28.1 Å². The molecule has 0 unspecified atom stereocenters. The van der Waals surface area contributed by atoms with Crippen LogP contribution in [0.15, 0.2) is 30.3 Å². The Labute approximate surface area is 147 Å². The van der Waals surface area contributed by atoms with Crippen molar-refractivity contribution >= 4 is 22.7 Å². The molecular weight excluding hydrogens is 320 g/mol. The molecular formula is C18H26N4O3. The van der Waals surface area contributed by atoms with E-state index in [2.05, 4.69) is 10.6 Å². The van der Waals surface area contributed by atoms with Crippen molar-refractivity contribution in [3.8, 4) is 11.1 Å². The lowest BCUT2D eigenvalue weighted by atomic mass is 9.94. The number of aliphatic hydroxyl groups is 3. The lowest BCUT2D eigenvalue weighted by Crippen LogP contribution is -2.10. The molecule has 7 nitrogen and oxygen atoms in total. The number of hydrogen-bond acceptors (Lipinski definition) is 7. The maximum Gasteiger partial charge on any atom is 0.0604 e. The molecule has 0 atom stereocenters. The molecule has 25 heavy (non-hydrogen) atoms. The summed E-state index contributed by atoms with van der Waals surface area (Å²) in [6, 6.07) is 9.25. The topological polar surface area (TPSA) is 137 Å². The van der Waals surface area contributed by atoms with Gasteiger partial charge in [-0.1, -0.05) is 6.07 Å². The highest BCUT2D eigenvalue weighted by atomic mass is 16.3. The molecule has 0 aliphatic heterocycles. The maximum atomic E-state index is 9.37. The smallest absolute Gasteiger partial charge is 0.0604 e. The predicted molar refractivity (Wildman–Crippen MR) is 103 cm³/mol. The highest BCUT2D eigenvalue weighted by molar-refractivity contribution is 5.86. The van der Waals surface area contributed by atoms with Gasteiger partial charge in [0.25, 0.3) is 0 Å². The minimum absolute atomic E-state index is 0.00367. The van der Waals surface area contributed by atoms with E-state index in [0.29, 0.717) is 30.9 Å². The first kappa shape index (κ1) is 18.9. The number of rotatable bonds is 9. The van der Waals surface area contributed by atoms with E-state index in [1.807, 2.05) is 24.3 Å². The highest BCUT2D eigenvalue weighted by Gasteiger charge is 2.14. The van der Waals surface area contributed by atoms with Gasteiger partial charge in [-0.25, -0.2) is 0 Å². The molecule has 0 saturated heterocycles. The minimum Gasteiger partial charge on any atom is -0.399 e. The summed E-state index contributed by atoms with van der Waals surface area (Å²) in [5, 5.41) is 33.8. The molecule has 0 aromatic heterocycles. The van der Waals surface area contributed by atoms with Crippen LogP contribution in [0.2, 0.25) is 0 Å². The normalized spacial score (nSPS) is 10.7. The van der Waals surface area contributed by atoms with Gasteiger partial charge in [-0.3, -0.25) is 0 Å². The second kappa shape index (κ2) is 9.12. The highest BCUT2D eigenvalue weighted by Crippen LogP contribution is 2.37. The molecule has 0 spiro atoms. The van der Waals surface area contributed by atoms with Gasteiger partial charge in [0.1, 0.15) is 0 Å². The number of benzene rings is 2. The van der Waals surface area contributed by atoms with E-state index in [1.54, 1.807) is 6.07 Å². The molecule has 0 aliphatic carbocycles. The lowest BCUT2D eigenvalue weighted by Gasteiger charge is -2.18. The summed E-state index contributed by atoms with van der Waals surface area (Å²) in [5.41, 5.74) is 17.4. The number of hydrogen-bond donors (Lipinski definition) is 7. The number of anilines is 4. The number of aliphatic hydroxyl groups excluding tert-OH is 3. The molecule has 2 rings (SSSR count). The van der Waals surface area contributed by atoms with E-state index in [1.165, 1.54) is 0 Å². The van der Waals surface area contributed by atoms with E-state index in [4.69, 9.17) is 21.7 Å². The third kappa shape index (κ3) is 4.76. The Bertz CT molecular complexity index is 707. The van der Waals surface area contributed by atoms with E-state index < -0.39 is 0 Å². The van der Waals surface area contributed by atoms with Crippen LogP contribution in [0.25, 0.3) is 11.1 Å². The van der Waals surface area contributed by atoms with Gasteiger partial charge in [0.05, 0.1) is 13.2 Å². The Balaban J connectivity index is 2.53. The molecule has 0 heterocycles. The Kier molecular flexibility index (Phi) is 6.88. The average Bonchev–Trinajstić information content (AvgIpc) is 2.60. The summed E-state index contributed by atoms with van der Waals surface area (Å²) in [7, 11) is 0. The Morgan fingerprint density at radius 3 is 2.20 bits per heavy atom. The number of nitrogens with one attached hydrogen (secondary N) is 2. The van der Waals surface area contributed by atoms with Gasteiger partial charge in [-0.15, -0.1) is 0 Å². The Hall–Kier alpha value is -2.48. The molecule has 0 amide bonds. The van der Waals surface area contributed by atoms with Crippen LogP contribution in [0.5, 0.6) is 0 Å². The zero-order chi connectivity index (χ0) is 18.2. The minimum atomic E-state index is -0.0172. The number of nitrogen functional groups attached to an aromatic ring is 2. The standard InChI is InChI=1S/C18H26N4O3/c19-12-9-16(14(3-6-23)17(20)10-12)15-2-1-13(21-4-7-24)11-18(15)22-5-8-25/h1-2,9-11,21-25H,3-8,19-20H2. The zero-order valence-corrected chi connectivity index (χ0v) is 14.1. The first-order valence-corrected chi connectivity index (χ1v) is 8.23. The van der Waals surface area contributed by atoms with Crippen molar-refractivity contribution in [2.75, 3.05) is 55.0 Å². The van der Waals surface area contributed by atoms with Crippen LogP contribution < -0.4 is 22.1 Å². The van der Waals surface area contributed by atoms with Crippen molar-refractivity contribution in [1.82, 2.24) is 0 Å². The fourth-order valence-corrected chi connectivity index (χ4v) is 2.77. The zero-order valence-electron chi connectivity index (χ0n) is 14.1. The monoisotopic (exact) mass is 346 g/mol. The summed E-state index contributed by atoms with van der Waals surface area (Å²) >= 11 is 0. The van der Waals surface area contributed by atoms with Crippen LogP contribution in [-0.4, -0.2) is 48.2 Å². The van der Waals surface area contributed by atoms with Crippen molar-refractivity contribution in [2.24, 2.45) is 0 Å². The van der Waals surface area contributed by atoms with Crippen molar-refractivity contribution in [1.29, 1.82) is 0 Å². The van der Waals surface area contributed by atoms with Gasteiger partial charge >= 0.3 is 0 Å². The van der Waals surface area contributed by atoms with Crippen LogP contribution in [-0.2, 0) is 6.42 Å². The number of nitrogens with two attached hydrogens (primary N) is 2. The predicted octanol–water partition coefficient (Wildman–Crippen LogP) is 0.861. The van der Waals surface area contributed by atoms with Gasteiger partial charge in [-0.05, 0) is 41.8 Å². The van der Waals surface area contributed by atoms with Crippen LogP contribution in [0, 0.1) is 0 Å². The molecule has 0 fully saturated rings. The van der Waals surface area contributed by atoms with E-state index >= 15 is 0 Å². The first-order chi connectivity index (χ1) is 12.1. The average molecular weight is 346 g/mol. The Morgan fingerprint density at radius 1 is 0.800 bits per heavy atom. The molecule has 0 radical (unpaired) electrons. The van der Waals surface area contributed by atoms with Crippen molar-refractivity contribution in [2.45, 2.75) is 6.42 Å². The molecule has 9 N–H and O–H groups in total. The molecule has 7 heteroatoms. The largest absolute Gasteiger partial charge is 0.399 e. The quantitative estimate of drug-likeness (QED) is 0.334. The van der Waals surface area contributed by atoms with Crippen LogP contribution >= 0.6 is 0 Å². The molecule has 0 aliphatic rings. The van der Waals surface area contributed by atoms with Gasteiger partial charge in [-0.2, -0.15) is 0 Å².